The fourth-order valence-corrected chi connectivity index (χ4v) is 3.94. The Morgan fingerprint density at radius 1 is 1.03 bits per heavy atom. The summed E-state index contributed by atoms with van der Waals surface area (Å²) in [6.07, 6.45) is 2.46. The Morgan fingerprint density at radius 3 is 2.48 bits per heavy atom. The molecule has 0 radical (unpaired) electrons. The molecule has 5 nitrogen and oxygen atoms in total. The van der Waals surface area contributed by atoms with Gasteiger partial charge in [0, 0.05) is 11.0 Å². The number of benzene rings is 2. The number of imide groups is 1. The minimum absolute atomic E-state index is 0.220. The van der Waals surface area contributed by atoms with E-state index in [1.54, 1.807) is 6.08 Å². The summed E-state index contributed by atoms with van der Waals surface area (Å²) in [5.41, 5.74) is 1.83. The van der Waals surface area contributed by atoms with E-state index in [1.807, 2.05) is 56.3 Å². The van der Waals surface area contributed by atoms with Gasteiger partial charge in [0.05, 0.1) is 11.5 Å². The van der Waals surface area contributed by atoms with E-state index >= 15 is 0 Å². The molecular weight excluding hydrogens is 454 g/mol. The second-order valence-corrected chi connectivity index (χ2v) is 8.30. The average molecular weight is 476 g/mol. The van der Waals surface area contributed by atoms with Gasteiger partial charge < -0.3 is 9.47 Å². The summed E-state index contributed by atoms with van der Waals surface area (Å²) in [6.45, 7) is 5.19. The van der Waals surface area contributed by atoms with Crippen LogP contribution < -0.4 is 9.47 Å². The third-order valence-corrected chi connectivity index (χ3v) is 5.63. The molecule has 0 unspecified atom stereocenters. The van der Waals surface area contributed by atoms with E-state index in [4.69, 9.17) is 9.47 Å². The van der Waals surface area contributed by atoms with Crippen molar-refractivity contribution < 1.29 is 19.1 Å². The molecule has 1 heterocycles. The fraction of sp³-hybridized carbons (Fsp3) is 0.273. The molecule has 1 saturated heterocycles. The fourth-order valence-electron chi connectivity index (χ4n) is 2.81. The van der Waals surface area contributed by atoms with Gasteiger partial charge in [-0.2, -0.15) is 0 Å². The van der Waals surface area contributed by atoms with Crippen molar-refractivity contribution in [2.75, 3.05) is 13.2 Å². The number of rotatable bonds is 8. The third-order valence-electron chi connectivity index (χ3n) is 4.19. The van der Waals surface area contributed by atoms with Crippen molar-refractivity contribution >= 4 is 44.9 Å². The van der Waals surface area contributed by atoms with Crippen LogP contribution >= 0.6 is 27.7 Å². The van der Waals surface area contributed by atoms with E-state index in [0.29, 0.717) is 36.2 Å². The van der Waals surface area contributed by atoms with Crippen LogP contribution in [0, 0.1) is 0 Å². The van der Waals surface area contributed by atoms with Gasteiger partial charge in [0.1, 0.15) is 6.61 Å². The van der Waals surface area contributed by atoms with Crippen molar-refractivity contribution in [2.24, 2.45) is 0 Å². The summed E-state index contributed by atoms with van der Waals surface area (Å²) in [7, 11) is 0. The minimum atomic E-state index is -0.240. The highest BCUT2D eigenvalue weighted by atomic mass is 79.9. The number of halogens is 1. The molecule has 0 saturated carbocycles. The third kappa shape index (κ3) is 5.42. The first-order valence-electron chi connectivity index (χ1n) is 9.41. The highest BCUT2D eigenvalue weighted by Gasteiger charge is 2.34. The number of carbonyl (C=O) groups excluding carboxylic acids is 2. The van der Waals surface area contributed by atoms with Crippen molar-refractivity contribution in [1.29, 1.82) is 0 Å². The standard InChI is InChI=1S/C22H22BrNO4S/c1-3-11-24-21(25)20(29-22(24)26)13-16-7-10-18(19(12-16)27-4-2)28-14-15-5-8-17(23)9-6-15/h5-10,12-13H,3-4,11,14H2,1-2H3/b20-13+. The molecule has 0 spiro atoms. The van der Waals surface area contributed by atoms with E-state index in [0.717, 1.165) is 33.8 Å². The number of carbonyl (C=O) groups is 2. The zero-order valence-corrected chi connectivity index (χ0v) is 18.7. The lowest BCUT2D eigenvalue weighted by atomic mass is 10.1. The highest BCUT2D eigenvalue weighted by molar-refractivity contribution is 9.10. The molecule has 1 aliphatic rings. The summed E-state index contributed by atoms with van der Waals surface area (Å²) >= 11 is 4.39. The molecule has 2 aromatic rings. The second kappa shape index (κ2) is 9.98. The summed E-state index contributed by atoms with van der Waals surface area (Å²) in [5, 5.41) is -0.220. The number of hydrogen-bond acceptors (Lipinski definition) is 5. The van der Waals surface area contributed by atoms with Gasteiger partial charge in [0.25, 0.3) is 11.1 Å². The van der Waals surface area contributed by atoms with Crippen LogP contribution in [0.4, 0.5) is 4.79 Å². The van der Waals surface area contributed by atoms with Crippen molar-refractivity contribution in [3.05, 3.63) is 63.0 Å². The molecule has 152 valence electrons. The van der Waals surface area contributed by atoms with Gasteiger partial charge in [-0.05, 0) is 66.6 Å². The van der Waals surface area contributed by atoms with Crippen molar-refractivity contribution in [1.82, 2.24) is 4.90 Å². The summed E-state index contributed by atoms with van der Waals surface area (Å²) in [4.78, 5) is 26.2. The van der Waals surface area contributed by atoms with Gasteiger partial charge in [-0.3, -0.25) is 14.5 Å². The molecular formula is C22H22BrNO4S. The molecule has 1 aliphatic heterocycles. The second-order valence-electron chi connectivity index (χ2n) is 6.39. The maximum Gasteiger partial charge on any atom is 0.293 e. The van der Waals surface area contributed by atoms with Crippen LogP contribution in [0.25, 0.3) is 6.08 Å². The quantitative estimate of drug-likeness (QED) is 0.446. The lowest BCUT2D eigenvalue weighted by molar-refractivity contribution is -0.122. The first kappa shape index (κ1) is 21.5. The number of thioether (sulfide) groups is 1. The Labute approximate surface area is 183 Å². The molecule has 0 bridgehead atoms. The van der Waals surface area contributed by atoms with E-state index < -0.39 is 0 Å². The molecule has 29 heavy (non-hydrogen) atoms. The Morgan fingerprint density at radius 2 is 1.79 bits per heavy atom. The van der Waals surface area contributed by atoms with Crippen molar-refractivity contribution in [3.8, 4) is 11.5 Å². The van der Waals surface area contributed by atoms with Crippen LogP contribution in [-0.2, 0) is 11.4 Å². The van der Waals surface area contributed by atoms with Crippen LogP contribution in [0.1, 0.15) is 31.4 Å². The smallest absolute Gasteiger partial charge is 0.293 e. The molecule has 0 aliphatic carbocycles. The van der Waals surface area contributed by atoms with Crippen LogP contribution in [0.2, 0.25) is 0 Å². The minimum Gasteiger partial charge on any atom is -0.490 e. The zero-order chi connectivity index (χ0) is 20.8. The molecule has 0 aromatic heterocycles. The largest absolute Gasteiger partial charge is 0.490 e. The van der Waals surface area contributed by atoms with Crippen LogP contribution in [0.5, 0.6) is 11.5 Å². The molecule has 0 atom stereocenters. The van der Waals surface area contributed by atoms with E-state index in [-0.39, 0.29) is 11.1 Å². The lowest BCUT2D eigenvalue weighted by Gasteiger charge is -2.13. The SMILES string of the molecule is CCCN1C(=O)S/C(=C/c2ccc(OCc3ccc(Br)cc3)c(OCC)c2)C1=O. The monoisotopic (exact) mass is 475 g/mol. The molecule has 7 heteroatoms. The molecule has 0 N–H and O–H groups in total. The molecule has 3 rings (SSSR count). The van der Waals surface area contributed by atoms with Crippen LogP contribution in [0.15, 0.2) is 51.8 Å². The van der Waals surface area contributed by atoms with Gasteiger partial charge in [0.2, 0.25) is 0 Å². The Bertz CT molecular complexity index is 927. The van der Waals surface area contributed by atoms with Gasteiger partial charge in [0.15, 0.2) is 11.5 Å². The Kier molecular flexibility index (Phi) is 7.39. The number of nitrogens with zero attached hydrogens (tertiary/aromatic N) is 1. The van der Waals surface area contributed by atoms with Crippen molar-refractivity contribution in [3.63, 3.8) is 0 Å². The van der Waals surface area contributed by atoms with Gasteiger partial charge >= 0.3 is 0 Å². The number of amides is 2. The Balaban J connectivity index is 1.77. The van der Waals surface area contributed by atoms with Crippen LogP contribution in [0.3, 0.4) is 0 Å². The molecule has 1 fully saturated rings. The van der Waals surface area contributed by atoms with E-state index in [9.17, 15) is 9.59 Å². The zero-order valence-electron chi connectivity index (χ0n) is 16.3. The maximum absolute atomic E-state index is 12.4. The molecule has 2 amide bonds. The highest BCUT2D eigenvalue weighted by Crippen LogP contribution is 2.35. The van der Waals surface area contributed by atoms with E-state index in [1.165, 1.54) is 4.90 Å². The first-order chi connectivity index (χ1) is 14.0. The maximum atomic E-state index is 12.4. The predicted octanol–water partition coefficient (Wildman–Crippen LogP) is 5.87. The average Bonchev–Trinajstić information content (AvgIpc) is 2.97. The first-order valence-corrected chi connectivity index (χ1v) is 11.0. The van der Waals surface area contributed by atoms with Gasteiger partial charge in [-0.25, -0.2) is 0 Å². The number of ether oxygens (including phenoxy) is 2. The Hall–Kier alpha value is -2.25. The molecule has 2 aromatic carbocycles. The van der Waals surface area contributed by atoms with Crippen molar-refractivity contribution in [2.45, 2.75) is 26.9 Å². The van der Waals surface area contributed by atoms with Crippen LogP contribution in [-0.4, -0.2) is 29.2 Å². The predicted molar refractivity (Wildman–Crippen MR) is 119 cm³/mol. The summed E-state index contributed by atoms with van der Waals surface area (Å²) < 4.78 is 12.7. The summed E-state index contributed by atoms with van der Waals surface area (Å²) in [5.74, 6) is 0.993. The lowest BCUT2D eigenvalue weighted by Crippen LogP contribution is -2.28. The van der Waals surface area contributed by atoms with E-state index in [2.05, 4.69) is 15.9 Å². The summed E-state index contributed by atoms with van der Waals surface area (Å²) in [6, 6.07) is 13.4. The topological polar surface area (TPSA) is 55.8 Å². The number of hydrogen-bond donors (Lipinski definition) is 0. The van der Waals surface area contributed by atoms with Gasteiger partial charge in [-0.1, -0.05) is 41.1 Å². The van der Waals surface area contributed by atoms with Gasteiger partial charge in [-0.15, -0.1) is 0 Å². The normalized spacial score (nSPS) is 15.3.